The summed E-state index contributed by atoms with van der Waals surface area (Å²) in [5.74, 6) is 6.37. The summed E-state index contributed by atoms with van der Waals surface area (Å²) < 4.78 is 0. The van der Waals surface area contributed by atoms with Gasteiger partial charge < -0.3 is 0 Å². The molecule has 0 aromatic rings. The van der Waals surface area contributed by atoms with E-state index in [1.807, 2.05) is 0 Å². The second-order valence-electron chi connectivity index (χ2n) is 11.2. The third-order valence-electron chi connectivity index (χ3n) is 10.4. The van der Waals surface area contributed by atoms with Gasteiger partial charge in [0, 0.05) is 0 Å². The summed E-state index contributed by atoms with van der Waals surface area (Å²) in [5.41, 5.74) is 1.40. The first-order valence-electron chi connectivity index (χ1n) is 12.0. The number of fused-ring (bicyclic) bond motifs is 5. The van der Waals surface area contributed by atoms with E-state index in [0.717, 1.165) is 35.5 Å². The smallest absolute Gasteiger partial charge is 0.0266 e. The summed E-state index contributed by atoms with van der Waals surface area (Å²) in [6.45, 7) is 10.3. The minimum absolute atomic E-state index is 0.694. The van der Waals surface area contributed by atoms with Crippen LogP contribution in [0.25, 0.3) is 0 Å². The molecule has 0 aromatic heterocycles. The predicted molar refractivity (Wildman–Crippen MR) is 109 cm³/mol. The van der Waals surface area contributed by atoms with Gasteiger partial charge in [-0.2, -0.15) is 0 Å². The monoisotopic (exact) mass is 344 g/mol. The Morgan fingerprint density at radius 1 is 0.800 bits per heavy atom. The highest BCUT2D eigenvalue weighted by molar-refractivity contribution is 5.07. The standard InChI is InChI=1S/C25H44/c1-5-8-19-9-7-10-22-21-12-11-20-17-18(6-2)13-15-25(20,4)23(21)14-16-24(19,22)3/h18-23H,5-17H2,1-4H3/t18-,19+,20-,21?,22?,23?,24-,25+/m1/s1. The van der Waals surface area contributed by atoms with Crippen molar-refractivity contribution in [1.29, 1.82) is 0 Å². The molecule has 4 aliphatic rings. The molecule has 4 aliphatic carbocycles. The highest BCUT2D eigenvalue weighted by atomic mass is 14.6. The molecule has 8 atom stereocenters. The Morgan fingerprint density at radius 3 is 2.32 bits per heavy atom. The van der Waals surface area contributed by atoms with E-state index in [-0.39, 0.29) is 0 Å². The fraction of sp³-hybridized carbons (Fsp3) is 1.00. The minimum atomic E-state index is 0.694. The first-order valence-corrected chi connectivity index (χ1v) is 12.0. The lowest BCUT2D eigenvalue weighted by Crippen LogP contribution is -2.56. The van der Waals surface area contributed by atoms with Crippen LogP contribution in [0.3, 0.4) is 0 Å². The van der Waals surface area contributed by atoms with Gasteiger partial charge in [-0.3, -0.25) is 0 Å². The molecule has 0 amide bonds. The van der Waals surface area contributed by atoms with Crippen LogP contribution in [0.5, 0.6) is 0 Å². The van der Waals surface area contributed by atoms with Crippen molar-refractivity contribution in [1.82, 2.24) is 0 Å². The normalized spacial score (nSPS) is 52.8. The summed E-state index contributed by atoms with van der Waals surface area (Å²) >= 11 is 0. The topological polar surface area (TPSA) is 0 Å². The molecule has 0 nitrogen and oxygen atoms in total. The van der Waals surface area contributed by atoms with E-state index in [1.54, 1.807) is 44.9 Å². The molecule has 0 aliphatic heterocycles. The van der Waals surface area contributed by atoms with Crippen molar-refractivity contribution in [3.05, 3.63) is 0 Å². The van der Waals surface area contributed by atoms with Crippen molar-refractivity contribution in [2.24, 2.45) is 46.3 Å². The van der Waals surface area contributed by atoms with Crippen LogP contribution in [-0.2, 0) is 0 Å². The highest BCUT2D eigenvalue weighted by Gasteiger charge is 2.58. The van der Waals surface area contributed by atoms with Crippen molar-refractivity contribution in [3.63, 3.8) is 0 Å². The SMILES string of the molecule is CCC[C@H]1CCCC2C3CC[C@@H]4C[C@H](CC)CC[C@]4(C)C3CC[C@@]21C. The van der Waals surface area contributed by atoms with E-state index >= 15 is 0 Å². The molecule has 0 spiro atoms. The quantitative estimate of drug-likeness (QED) is 0.488. The molecule has 0 heteroatoms. The third kappa shape index (κ3) is 2.84. The summed E-state index contributed by atoms with van der Waals surface area (Å²) in [6.07, 6.45) is 19.9. The van der Waals surface area contributed by atoms with E-state index in [4.69, 9.17) is 0 Å². The molecule has 0 aromatic carbocycles. The van der Waals surface area contributed by atoms with Gasteiger partial charge in [0.15, 0.2) is 0 Å². The number of rotatable bonds is 3. The molecule has 0 saturated heterocycles. The molecule has 0 bridgehead atoms. The molecule has 4 rings (SSSR count). The maximum Gasteiger partial charge on any atom is -0.0266 e. The Hall–Kier alpha value is 0. The van der Waals surface area contributed by atoms with Gasteiger partial charge in [0.1, 0.15) is 0 Å². The maximum absolute atomic E-state index is 2.75. The van der Waals surface area contributed by atoms with Crippen molar-refractivity contribution >= 4 is 0 Å². The van der Waals surface area contributed by atoms with Gasteiger partial charge in [0.05, 0.1) is 0 Å². The van der Waals surface area contributed by atoms with E-state index in [0.29, 0.717) is 10.8 Å². The summed E-state index contributed by atoms with van der Waals surface area (Å²) in [4.78, 5) is 0. The molecule has 0 N–H and O–H groups in total. The lowest BCUT2D eigenvalue weighted by Gasteiger charge is -2.64. The molecular weight excluding hydrogens is 300 g/mol. The molecule has 25 heavy (non-hydrogen) atoms. The Balaban J connectivity index is 1.57. The molecule has 0 radical (unpaired) electrons. The van der Waals surface area contributed by atoms with Gasteiger partial charge in [0.2, 0.25) is 0 Å². The van der Waals surface area contributed by atoms with Crippen molar-refractivity contribution in [2.45, 2.75) is 111 Å². The second-order valence-corrected chi connectivity index (χ2v) is 11.2. The number of hydrogen-bond acceptors (Lipinski definition) is 0. The molecular formula is C25H44. The van der Waals surface area contributed by atoms with Crippen LogP contribution in [0.1, 0.15) is 111 Å². The first kappa shape index (κ1) is 18.4. The lowest BCUT2D eigenvalue weighted by atomic mass is 9.41. The minimum Gasteiger partial charge on any atom is -0.0654 e. The molecule has 4 saturated carbocycles. The van der Waals surface area contributed by atoms with Crippen LogP contribution >= 0.6 is 0 Å². The lowest BCUT2D eigenvalue weighted by molar-refractivity contribution is -0.146. The average molecular weight is 345 g/mol. The van der Waals surface area contributed by atoms with Crippen molar-refractivity contribution in [3.8, 4) is 0 Å². The Labute approximate surface area is 157 Å². The summed E-state index contributed by atoms with van der Waals surface area (Å²) in [5, 5.41) is 0. The van der Waals surface area contributed by atoms with Crippen LogP contribution in [0.2, 0.25) is 0 Å². The van der Waals surface area contributed by atoms with Crippen LogP contribution in [0, 0.1) is 46.3 Å². The maximum atomic E-state index is 2.75. The molecule has 0 heterocycles. The summed E-state index contributed by atoms with van der Waals surface area (Å²) in [7, 11) is 0. The molecule has 3 unspecified atom stereocenters. The van der Waals surface area contributed by atoms with Gasteiger partial charge >= 0.3 is 0 Å². The van der Waals surface area contributed by atoms with Crippen LogP contribution in [0.15, 0.2) is 0 Å². The van der Waals surface area contributed by atoms with Gasteiger partial charge in [-0.15, -0.1) is 0 Å². The Kier molecular flexibility index (Phi) is 5.04. The van der Waals surface area contributed by atoms with Crippen LogP contribution in [-0.4, -0.2) is 0 Å². The van der Waals surface area contributed by atoms with Crippen molar-refractivity contribution < 1.29 is 0 Å². The Morgan fingerprint density at radius 2 is 1.56 bits per heavy atom. The van der Waals surface area contributed by atoms with Crippen LogP contribution in [0.4, 0.5) is 0 Å². The largest absolute Gasteiger partial charge is 0.0654 e. The fourth-order valence-electron chi connectivity index (χ4n) is 8.85. The van der Waals surface area contributed by atoms with E-state index in [9.17, 15) is 0 Å². The van der Waals surface area contributed by atoms with Gasteiger partial charge in [-0.1, -0.05) is 53.4 Å². The zero-order chi connectivity index (χ0) is 17.7. The third-order valence-corrected chi connectivity index (χ3v) is 10.4. The van der Waals surface area contributed by atoms with Gasteiger partial charge in [-0.05, 0) is 104 Å². The van der Waals surface area contributed by atoms with E-state index < -0.39 is 0 Å². The average Bonchev–Trinajstić information content (AvgIpc) is 2.61. The molecule has 144 valence electrons. The zero-order valence-corrected chi connectivity index (χ0v) is 17.7. The van der Waals surface area contributed by atoms with E-state index in [1.165, 1.54) is 38.5 Å². The Bertz CT molecular complexity index is 465. The van der Waals surface area contributed by atoms with Gasteiger partial charge in [-0.25, -0.2) is 0 Å². The first-order chi connectivity index (χ1) is 12.0. The van der Waals surface area contributed by atoms with Crippen LogP contribution < -0.4 is 0 Å². The van der Waals surface area contributed by atoms with Gasteiger partial charge in [0.25, 0.3) is 0 Å². The van der Waals surface area contributed by atoms with Crippen molar-refractivity contribution in [2.75, 3.05) is 0 Å². The molecule has 4 fully saturated rings. The fourth-order valence-corrected chi connectivity index (χ4v) is 8.85. The highest BCUT2D eigenvalue weighted by Crippen LogP contribution is 2.67. The zero-order valence-electron chi connectivity index (χ0n) is 17.7. The predicted octanol–water partition coefficient (Wildman–Crippen LogP) is 7.86. The second kappa shape index (κ2) is 6.87. The van der Waals surface area contributed by atoms with E-state index in [2.05, 4.69) is 27.7 Å². The summed E-state index contributed by atoms with van der Waals surface area (Å²) in [6, 6.07) is 0. The number of hydrogen-bond donors (Lipinski definition) is 0.